The zero-order chi connectivity index (χ0) is 19.2. The third-order valence-electron chi connectivity index (χ3n) is 4.00. The molecule has 2 aromatic carbocycles. The predicted octanol–water partition coefficient (Wildman–Crippen LogP) is 5.57. The van der Waals surface area contributed by atoms with Crippen LogP contribution in [-0.2, 0) is 0 Å². The Kier molecular flexibility index (Phi) is 7.05. The molecule has 2 aromatic rings. The summed E-state index contributed by atoms with van der Waals surface area (Å²) in [7, 11) is 0. The first-order chi connectivity index (χ1) is 13.1. The van der Waals surface area contributed by atoms with Gasteiger partial charge in [-0.3, -0.25) is 9.79 Å². The van der Waals surface area contributed by atoms with Gasteiger partial charge < -0.3 is 9.64 Å². The van der Waals surface area contributed by atoms with Gasteiger partial charge in [-0.25, -0.2) is 0 Å². The molecular formula is C20H20Cl2N2O2S. The second kappa shape index (κ2) is 9.49. The third-order valence-corrected chi connectivity index (χ3v) is 5.65. The predicted molar refractivity (Wildman–Crippen MR) is 115 cm³/mol. The molecule has 1 heterocycles. The Morgan fingerprint density at radius 1 is 1.26 bits per heavy atom. The fourth-order valence-electron chi connectivity index (χ4n) is 2.77. The van der Waals surface area contributed by atoms with Crippen LogP contribution in [0.3, 0.4) is 0 Å². The van der Waals surface area contributed by atoms with Crippen LogP contribution in [0.4, 0.5) is 5.69 Å². The molecule has 7 heteroatoms. The van der Waals surface area contributed by atoms with E-state index in [1.807, 2.05) is 36.1 Å². The van der Waals surface area contributed by atoms with Crippen LogP contribution in [0.1, 0.15) is 23.7 Å². The summed E-state index contributed by atoms with van der Waals surface area (Å²) in [5.74, 6) is 1.60. The van der Waals surface area contributed by atoms with Crippen molar-refractivity contribution in [3.05, 3.63) is 58.1 Å². The second-order valence-electron chi connectivity index (χ2n) is 5.90. The number of hydrogen-bond acceptors (Lipinski definition) is 5. The molecule has 3 rings (SSSR count). The van der Waals surface area contributed by atoms with Crippen LogP contribution < -0.4 is 9.64 Å². The minimum atomic E-state index is -0.100. The first-order valence-electron chi connectivity index (χ1n) is 8.75. The number of Topliss-reactive ketones (excluding diaryl/α,β-unsaturated/α-hetero) is 1. The molecule has 142 valence electrons. The number of ether oxygens (including phenoxy) is 1. The second-order valence-corrected chi connectivity index (χ2v) is 7.81. The van der Waals surface area contributed by atoms with Crippen LogP contribution in [0, 0.1) is 0 Å². The topological polar surface area (TPSA) is 41.9 Å². The van der Waals surface area contributed by atoms with Gasteiger partial charge in [-0.1, -0.05) is 47.1 Å². The third kappa shape index (κ3) is 4.98. The number of amidine groups is 1. The maximum atomic E-state index is 13.0. The lowest BCUT2D eigenvalue weighted by atomic mass is 10.1. The number of carbonyl (C=O) groups is 1. The summed E-state index contributed by atoms with van der Waals surface area (Å²) in [6.45, 7) is 3.36. The van der Waals surface area contributed by atoms with Crippen LogP contribution in [0.25, 0.3) is 0 Å². The van der Waals surface area contributed by atoms with Crippen LogP contribution in [-0.4, -0.2) is 36.4 Å². The van der Waals surface area contributed by atoms with Gasteiger partial charge in [0.2, 0.25) is 0 Å². The molecule has 0 N–H and O–H groups in total. The molecule has 1 aliphatic heterocycles. The quantitative estimate of drug-likeness (QED) is 0.570. The van der Waals surface area contributed by atoms with E-state index in [4.69, 9.17) is 27.9 Å². The van der Waals surface area contributed by atoms with Crippen LogP contribution >= 0.6 is 35.0 Å². The molecule has 27 heavy (non-hydrogen) atoms. The SMILES string of the molecule is CCOc1ccccc1N(CC(=O)c1ccc(Cl)cc1Cl)C1=NCCCS1. The number of ketones is 1. The zero-order valence-corrected chi connectivity index (χ0v) is 17.3. The minimum Gasteiger partial charge on any atom is -0.492 e. The van der Waals surface area contributed by atoms with Gasteiger partial charge in [-0.15, -0.1) is 0 Å². The Bertz CT molecular complexity index is 858. The summed E-state index contributed by atoms with van der Waals surface area (Å²) in [6, 6.07) is 12.6. The van der Waals surface area contributed by atoms with Crippen molar-refractivity contribution in [1.82, 2.24) is 0 Å². The van der Waals surface area contributed by atoms with Crippen molar-refractivity contribution in [2.24, 2.45) is 4.99 Å². The number of benzene rings is 2. The van der Waals surface area contributed by atoms with Crippen molar-refractivity contribution in [3.63, 3.8) is 0 Å². The molecule has 0 saturated carbocycles. The van der Waals surface area contributed by atoms with E-state index in [9.17, 15) is 4.79 Å². The van der Waals surface area contributed by atoms with Gasteiger partial charge in [0.25, 0.3) is 0 Å². The van der Waals surface area contributed by atoms with E-state index in [-0.39, 0.29) is 12.3 Å². The monoisotopic (exact) mass is 422 g/mol. The van der Waals surface area contributed by atoms with Crippen molar-refractivity contribution in [3.8, 4) is 5.75 Å². The summed E-state index contributed by atoms with van der Waals surface area (Å²) in [6.07, 6.45) is 1.03. The summed E-state index contributed by atoms with van der Waals surface area (Å²) in [4.78, 5) is 19.6. The van der Waals surface area contributed by atoms with E-state index >= 15 is 0 Å². The minimum absolute atomic E-state index is 0.100. The van der Waals surface area contributed by atoms with E-state index in [1.54, 1.807) is 30.0 Å². The lowest BCUT2D eigenvalue weighted by Crippen LogP contribution is -2.36. The number of carbonyl (C=O) groups excluding carboxylic acids is 1. The van der Waals surface area contributed by atoms with Crippen molar-refractivity contribution in [2.75, 3.05) is 30.3 Å². The highest BCUT2D eigenvalue weighted by Gasteiger charge is 2.24. The van der Waals surface area contributed by atoms with Crippen molar-refractivity contribution in [2.45, 2.75) is 13.3 Å². The summed E-state index contributed by atoms with van der Waals surface area (Å²) >= 11 is 13.8. The fraction of sp³-hybridized carbons (Fsp3) is 0.300. The molecule has 0 atom stereocenters. The highest BCUT2D eigenvalue weighted by molar-refractivity contribution is 8.14. The molecule has 0 unspecified atom stereocenters. The molecule has 0 amide bonds. The number of anilines is 1. The van der Waals surface area contributed by atoms with Gasteiger partial charge in [0.15, 0.2) is 11.0 Å². The normalized spacial score (nSPS) is 13.8. The molecule has 0 bridgehead atoms. The lowest BCUT2D eigenvalue weighted by molar-refractivity contribution is 0.100. The van der Waals surface area contributed by atoms with Crippen molar-refractivity contribution >= 4 is 51.6 Å². The van der Waals surface area contributed by atoms with Gasteiger partial charge in [0.05, 0.1) is 23.9 Å². The zero-order valence-electron chi connectivity index (χ0n) is 15.0. The molecule has 4 nitrogen and oxygen atoms in total. The standard InChI is InChI=1S/C20H20Cl2N2O2S/c1-2-26-19-7-4-3-6-17(19)24(20-23-10-5-11-27-20)13-18(25)15-9-8-14(21)12-16(15)22/h3-4,6-9,12H,2,5,10-11,13H2,1H3. The van der Waals surface area contributed by atoms with Gasteiger partial charge in [-0.05, 0) is 43.7 Å². The summed E-state index contributed by atoms with van der Waals surface area (Å²) < 4.78 is 5.77. The highest BCUT2D eigenvalue weighted by atomic mass is 35.5. The van der Waals surface area contributed by atoms with Gasteiger partial charge in [0, 0.05) is 22.9 Å². The molecule has 0 radical (unpaired) electrons. The van der Waals surface area contributed by atoms with Gasteiger partial charge in [-0.2, -0.15) is 0 Å². The molecule has 0 saturated heterocycles. The number of para-hydroxylation sites is 2. The molecule has 0 fully saturated rings. The van der Waals surface area contributed by atoms with Crippen LogP contribution in [0.5, 0.6) is 5.75 Å². The van der Waals surface area contributed by atoms with E-state index in [0.717, 1.165) is 35.3 Å². The number of nitrogens with zero attached hydrogens (tertiary/aromatic N) is 2. The maximum absolute atomic E-state index is 13.0. The van der Waals surface area contributed by atoms with Crippen molar-refractivity contribution in [1.29, 1.82) is 0 Å². The smallest absolute Gasteiger partial charge is 0.184 e. The van der Waals surface area contributed by atoms with Crippen molar-refractivity contribution < 1.29 is 9.53 Å². The number of thioether (sulfide) groups is 1. The van der Waals surface area contributed by atoms with Gasteiger partial charge >= 0.3 is 0 Å². The summed E-state index contributed by atoms with van der Waals surface area (Å²) in [5.41, 5.74) is 1.27. The van der Waals surface area contributed by atoms with E-state index in [0.29, 0.717) is 22.2 Å². The van der Waals surface area contributed by atoms with E-state index < -0.39 is 0 Å². The number of aliphatic imine (C=N–C) groups is 1. The Labute approximate surface area is 173 Å². The Balaban J connectivity index is 1.96. The van der Waals surface area contributed by atoms with E-state index in [2.05, 4.69) is 4.99 Å². The Morgan fingerprint density at radius 2 is 2.07 bits per heavy atom. The lowest BCUT2D eigenvalue weighted by Gasteiger charge is -2.28. The molecule has 0 aliphatic carbocycles. The molecular weight excluding hydrogens is 403 g/mol. The molecule has 1 aliphatic rings. The number of hydrogen-bond donors (Lipinski definition) is 0. The first-order valence-corrected chi connectivity index (χ1v) is 10.5. The van der Waals surface area contributed by atoms with E-state index in [1.165, 1.54) is 0 Å². The molecule has 0 spiro atoms. The molecule has 0 aromatic heterocycles. The van der Waals surface area contributed by atoms with Gasteiger partial charge in [0.1, 0.15) is 5.75 Å². The number of rotatable bonds is 6. The fourth-order valence-corrected chi connectivity index (χ4v) is 4.24. The average molecular weight is 423 g/mol. The van der Waals surface area contributed by atoms with Crippen LogP contribution in [0.2, 0.25) is 10.0 Å². The Hall–Kier alpha value is -1.69. The largest absolute Gasteiger partial charge is 0.492 e. The summed E-state index contributed by atoms with van der Waals surface area (Å²) in [5, 5.41) is 1.68. The highest BCUT2D eigenvalue weighted by Crippen LogP contribution is 2.32. The number of halogens is 2. The first kappa shape index (κ1) is 20.1. The average Bonchev–Trinajstić information content (AvgIpc) is 2.67. The maximum Gasteiger partial charge on any atom is 0.184 e. The Morgan fingerprint density at radius 3 is 2.78 bits per heavy atom. The van der Waals surface area contributed by atoms with Crippen LogP contribution in [0.15, 0.2) is 47.5 Å².